The first-order chi connectivity index (χ1) is 17.1. The van der Waals surface area contributed by atoms with E-state index in [0.717, 1.165) is 47.4 Å². The highest BCUT2D eigenvalue weighted by atomic mass is 35.5. The van der Waals surface area contributed by atoms with Crippen LogP contribution < -0.4 is 9.62 Å². The van der Waals surface area contributed by atoms with Gasteiger partial charge in [-0.3, -0.25) is 13.9 Å². The summed E-state index contributed by atoms with van der Waals surface area (Å²) in [4.78, 5) is 28.4. The first kappa shape index (κ1) is 28.0. The number of amides is 2. The van der Waals surface area contributed by atoms with E-state index in [0.29, 0.717) is 17.1 Å². The van der Waals surface area contributed by atoms with Gasteiger partial charge < -0.3 is 10.2 Å². The summed E-state index contributed by atoms with van der Waals surface area (Å²) >= 11 is 6.17. The molecule has 0 saturated heterocycles. The van der Waals surface area contributed by atoms with Crippen LogP contribution in [0.3, 0.4) is 0 Å². The summed E-state index contributed by atoms with van der Waals surface area (Å²) in [5.74, 6) is -0.699. The molecule has 1 fully saturated rings. The van der Waals surface area contributed by atoms with Crippen LogP contribution >= 0.6 is 11.6 Å². The maximum atomic E-state index is 13.7. The number of carbonyl (C=O) groups excluding carboxylic acids is 2. The number of nitrogens with one attached hydrogen (secondary N) is 1. The van der Waals surface area contributed by atoms with Gasteiger partial charge in [0.05, 0.1) is 11.9 Å². The Morgan fingerprint density at radius 3 is 2.42 bits per heavy atom. The predicted octanol–water partition coefficient (Wildman–Crippen LogP) is 4.53. The molecule has 1 saturated carbocycles. The Morgan fingerprint density at radius 1 is 1.08 bits per heavy atom. The molecule has 0 bridgehead atoms. The summed E-state index contributed by atoms with van der Waals surface area (Å²) in [5.41, 5.74) is 2.05. The molecule has 7 nitrogen and oxygen atoms in total. The van der Waals surface area contributed by atoms with Crippen LogP contribution in [0.4, 0.5) is 5.69 Å². The van der Waals surface area contributed by atoms with E-state index in [1.54, 1.807) is 37.3 Å². The van der Waals surface area contributed by atoms with Gasteiger partial charge in [-0.15, -0.1) is 0 Å². The Balaban J connectivity index is 1.89. The Bertz CT molecular complexity index is 1170. The fourth-order valence-corrected chi connectivity index (χ4v) is 5.72. The molecule has 36 heavy (non-hydrogen) atoms. The second kappa shape index (κ2) is 12.6. The Hall–Kier alpha value is -2.58. The molecule has 0 aromatic heterocycles. The van der Waals surface area contributed by atoms with Crippen molar-refractivity contribution in [2.24, 2.45) is 0 Å². The van der Waals surface area contributed by atoms with Crippen molar-refractivity contribution in [1.82, 2.24) is 10.2 Å². The first-order valence-corrected chi connectivity index (χ1v) is 14.7. The number of aryl methyl sites for hydroxylation is 1. The number of hydrogen-bond donors (Lipinski definition) is 1. The Kier molecular flexibility index (Phi) is 9.79. The van der Waals surface area contributed by atoms with Gasteiger partial charge in [-0.05, 0) is 55.5 Å². The molecule has 2 aromatic rings. The molecule has 1 unspecified atom stereocenters. The van der Waals surface area contributed by atoms with E-state index in [1.807, 2.05) is 25.1 Å². The van der Waals surface area contributed by atoms with E-state index >= 15 is 0 Å². The Morgan fingerprint density at radius 2 is 1.78 bits per heavy atom. The number of halogens is 1. The molecule has 2 amide bonds. The molecule has 3 rings (SSSR count). The zero-order chi connectivity index (χ0) is 26.3. The number of hydrogen-bond acceptors (Lipinski definition) is 4. The number of nitrogens with zero attached hydrogens (tertiary/aromatic N) is 2. The van der Waals surface area contributed by atoms with Gasteiger partial charge in [0.15, 0.2) is 0 Å². The molecule has 1 aliphatic carbocycles. The van der Waals surface area contributed by atoms with Crippen LogP contribution in [0.1, 0.15) is 57.1 Å². The Labute approximate surface area is 219 Å². The fourth-order valence-electron chi connectivity index (χ4n) is 4.63. The van der Waals surface area contributed by atoms with E-state index in [-0.39, 0.29) is 18.5 Å². The van der Waals surface area contributed by atoms with E-state index in [2.05, 4.69) is 5.32 Å². The standard InChI is InChI=1S/C27H36ClN3O4S/c1-4-22-12-8-9-16-25(22)31(36(3,34)35)19-26(32)30(18-21-11-10-13-23(28)17-21)20(2)27(33)29-24-14-6-5-7-15-24/h8-13,16-17,20,24H,4-7,14-15,18-19H2,1-3H3,(H,29,33). The zero-order valence-corrected chi connectivity index (χ0v) is 22.8. The fraction of sp³-hybridized carbons (Fsp3) is 0.481. The van der Waals surface area contributed by atoms with Crippen molar-refractivity contribution in [3.8, 4) is 0 Å². The van der Waals surface area contributed by atoms with Gasteiger partial charge >= 0.3 is 0 Å². The van der Waals surface area contributed by atoms with Crippen molar-refractivity contribution in [3.63, 3.8) is 0 Å². The summed E-state index contributed by atoms with van der Waals surface area (Å²) in [6.45, 7) is 3.35. The minimum atomic E-state index is -3.76. The van der Waals surface area contributed by atoms with Gasteiger partial charge in [-0.2, -0.15) is 0 Å². The lowest BCUT2D eigenvalue weighted by Crippen LogP contribution is -2.53. The normalized spacial score (nSPS) is 15.2. The summed E-state index contributed by atoms with van der Waals surface area (Å²) in [6, 6.07) is 13.6. The van der Waals surface area contributed by atoms with Crippen molar-refractivity contribution in [3.05, 3.63) is 64.7 Å². The highest BCUT2D eigenvalue weighted by molar-refractivity contribution is 7.92. The molecular weight excluding hydrogens is 498 g/mol. The third-order valence-corrected chi connectivity index (χ3v) is 8.04. The van der Waals surface area contributed by atoms with E-state index in [4.69, 9.17) is 11.6 Å². The maximum Gasteiger partial charge on any atom is 0.244 e. The van der Waals surface area contributed by atoms with Crippen molar-refractivity contribution in [2.45, 2.75) is 71.0 Å². The van der Waals surface area contributed by atoms with Crippen molar-refractivity contribution in [1.29, 1.82) is 0 Å². The van der Waals surface area contributed by atoms with Gasteiger partial charge in [0.2, 0.25) is 21.8 Å². The lowest BCUT2D eigenvalue weighted by atomic mass is 9.95. The van der Waals surface area contributed by atoms with Crippen LogP contribution in [0.2, 0.25) is 5.02 Å². The molecule has 2 aromatic carbocycles. The minimum Gasteiger partial charge on any atom is -0.352 e. The van der Waals surface area contributed by atoms with Crippen LogP contribution in [0.15, 0.2) is 48.5 Å². The molecule has 0 spiro atoms. The summed E-state index contributed by atoms with van der Waals surface area (Å²) in [5, 5.41) is 3.62. The molecule has 9 heteroatoms. The van der Waals surface area contributed by atoms with Crippen LogP contribution in [0, 0.1) is 0 Å². The topological polar surface area (TPSA) is 86.8 Å². The monoisotopic (exact) mass is 533 g/mol. The molecule has 1 N–H and O–H groups in total. The minimum absolute atomic E-state index is 0.0979. The molecule has 1 atom stereocenters. The first-order valence-electron chi connectivity index (χ1n) is 12.5. The molecule has 0 radical (unpaired) electrons. The van der Waals surface area contributed by atoms with Crippen LogP contribution in [0.5, 0.6) is 0 Å². The van der Waals surface area contributed by atoms with Crippen molar-refractivity contribution >= 4 is 39.1 Å². The quantitative estimate of drug-likeness (QED) is 0.486. The van der Waals surface area contributed by atoms with Crippen LogP contribution in [0.25, 0.3) is 0 Å². The summed E-state index contributed by atoms with van der Waals surface area (Å²) in [6.07, 6.45) is 6.87. The summed E-state index contributed by atoms with van der Waals surface area (Å²) < 4.78 is 26.7. The lowest BCUT2D eigenvalue weighted by molar-refractivity contribution is -0.139. The second-order valence-corrected chi connectivity index (χ2v) is 11.8. The van der Waals surface area contributed by atoms with E-state index in [9.17, 15) is 18.0 Å². The third kappa shape index (κ3) is 7.46. The number of para-hydroxylation sites is 1. The summed E-state index contributed by atoms with van der Waals surface area (Å²) in [7, 11) is -3.76. The van der Waals surface area contributed by atoms with Gasteiger partial charge in [0.1, 0.15) is 12.6 Å². The van der Waals surface area contributed by atoms with Crippen molar-refractivity contribution in [2.75, 3.05) is 17.1 Å². The smallest absolute Gasteiger partial charge is 0.244 e. The van der Waals surface area contributed by atoms with Crippen LogP contribution in [-0.2, 0) is 32.6 Å². The zero-order valence-electron chi connectivity index (χ0n) is 21.2. The predicted molar refractivity (Wildman–Crippen MR) is 144 cm³/mol. The van der Waals surface area contributed by atoms with Gasteiger partial charge in [0.25, 0.3) is 0 Å². The van der Waals surface area contributed by atoms with Crippen molar-refractivity contribution < 1.29 is 18.0 Å². The second-order valence-electron chi connectivity index (χ2n) is 9.42. The van der Waals surface area contributed by atoms with Crippen LogP contribution in [-0.4, -0.2) is 50.0 Å². The van der Waals surface area contributed by atoms with E-state index < -0.39 is 28.5 Å². The molecule has 196 valence electrons. The average molecular weight is 534 g/mol. The number of rotatable bonds is 10. The largest absolute Gasteiger partial charge is 0.352 e. The number of carbonyl (C=O) groups is 2. The maximum absolute atomic E-state index is 13.7. The molecule has 0 heterocycles. The highest BCUT2D eigenvalue weighted by Crippen LogP contribution is 2.24. The lowest BCUT2D eigenvalue weighted by Gasteiger charge is -2.33. The van der Waals surface area contributed by atoms with Gasteiger partial charge in [-0.1, -0.05) is 68.1 Å². The third-order valence-electron chi connectivity index (χ3n) is 6.68. The van der Waals surface area contributed by atoms with Gasteiger partial charge in [-0.25, -0.2) is 8.42 Å². The van der Waals surface area contributed by atoms with Gasteiger partial charge in [0, 0.05) is 17.6 Å². The average Bonchev–Trinajstić information content (AvgIpc) is 2.85. The number of anilines is 1. The van der Waals surface area contributed by atoms with E-state index in [1.165, 1.54) is 11.3 Å². The highest BCUT2D eigenvalue weighted by Gasteiger charge is 2.31. The molecule has 1 aliphatic rings. The SMILES string of the molecule is CCc1ccccc1N(CC(=O)N(Cc1cccc(Cl)c1)C(C)C(=O)NC1CCCCC1)S(C)(=O)=O. The molecule has 0 aliphatic heterocycles. The number of sulfonamides is 1. The molecular formula is C27H36ClN3O4S. The number of benzene rings is 2.